The van der Waals surface area contributed by atoms with Gasteiger partial charge < -0.3 is 10.3 Å². The largest absolute Gasteiger partial charge is 0.397 e. The Bertz CT molecular complexity index is 666. The van der Waals surface area contributed by atoms with Crippen molar-refractivity contribution in [1.82, 2.24) is 15.1 Å². The van der Waals surface area contributed by atoms with Crippen LogP contribution in [0.3, 0.4) is 0 Å². The topological polar surface area (TPSA) is 77.8 Å². The average Bonchev–Trinajstić information content (AvgIpc) is 3.09. The van der Waals surface area contributed by atoms with E-state index in [1.807, 2.05) is 22.9 Å². The molecule has 96 valence electrons. The molecule has 0 bridgehead atoms. The zero-order valence-electron chi connectivity index (χ0n) is 9.81. The van der Waals surface area contributed by atoms with Crippen molar-refractivity contribution in [1.29, 1.82) is 0 Å². The van der Waals surface area contributed by atoms with E-state index in [1.54, 1.807) is 23.6 Å². The van der Waals surface area contributed by atoms with Gasteiger partial charge in [-0.1, -0.05) is 16.9 Å². The summed E-state index contributed by atoms with van der Waals surface area (Å²) in [5.74, 6) is 1.74. The molecule has 0 aliphatic heterocycles. The van der Waals surface area contributed by atoms with Gasteiger partial charge in [-0.2, -0.15) is 16.3 Å². The summed E-state index contributed by atoms with van der Waals surface area (Å²) < 4.78 is 5.20. The van der Waals surface area contributed by atoms with Gasteiger partial charge in [0.2, 0.25) is 11.7 Å². The van der Waals surface area contributed by atoms with Crippen molar-refractivity contribution in [2.24, 2.45) is 0 Å². The highest BCUT2D eigenvalue weighted by Gasteiger charge is 2.10. The van der Waals surface area contributed by atoms with E-state index in [4.69, 9.17) is 10.3 Å². The fourth-order valence-electron chi connectivity index (χ4n) is 1.48. The van der Waals surface area contributed by atoms with E-state index in [0.717, 1.165) is 10.6 Å². The highest BCUT2D eigenvalue weighted by molar-refractivity contribution is 7.98. The third-order valence-corrected chi connectivity index (χ3v) is 4.07. The van der Waals surface area contributed by atoms with E-state index >= 15 is 0 Å². The first-order chi connectivity index (χ1) is 9.33. The molecule has 3 aromatic rings. The minimum Gasteiger partial charge on any atom is -0.397 e. The SMILES string of the molecule is Nc1cccnc1SCc1nc(-c2ccsc2)no1. The maximum Gasteiger partial charge on any atom is 0.237 e. The van der Waals surface area contributed by atoms with Crippen molar-refractivity contribution >= 4 is 28.8 Å². The van der Waals surface area contributed by atoms with Crippen LogP contribution in [0.4, 0.5) is 5.69 Å². The van der Waals surface area contributed by atoms with Crippen molar-refractivity contribution in [3.8, 4) is 11.4 Å². The number of hydrogen-bond acceptors (Lipinski definition) is 7. The predicted octanol–water partition coefficient (Wildman–Crippen LogP) is 3.07. The molecule has 2 N–H and O–H groups in total. The summed E-state index contributed by atoms with van der Waals surface area (Å²) in [6, 6.07) is 5.59. The number of nitrogens with zero attached hydrogens (tertiary/aromatic N) is 3. The van der Waals surface area contributed by atoms with E-state index < -0.39 is 0 Å². The van der Waals surface area contributed by atoms with E-state index in [0.29, 0.717) is 23.2 Å². The molecule has 0 spiro atoms. The van der Waals surface area contributed by atoms with Crippen LogP contribution in [-0.2, 0) is 5.75 Å². The molecule has 5 nitrogen and oxygen atoms in total. The molecule has 19 heavy (non-hydrogen) atoms. The van der Waals surface area contributed by atoms with Crippen molar-refractivity contribution in [3.05, 3.63) is 41.0 Å². The van der Waals surface area contributed by atoms with Crippen LogP contribution in [0.2, 0.25) is 0 Å². The Balaban J connectivity index is 1.70. The molecule has 0 aliphatic rings. The number of anilines is 1. The lowest BCUT2D eigenvalue weighted by Crippen LogP contribution is -1.91. The van der Waals surface area contributed by atoms with Gasteiger partial charge in [-0.05, 0) is 23.6 Å². The minimum atomic E-state index is 0.554. The van der Waals surface area contributed by atoms with Crippen molar-refractivity contribution in [3.63, 3.8) is 0 Å². The number of nitrogen functional groups attached to an aromatic ring is 1. The van der Waals surface area contributed by atoms with Crippen LogP contribution in [0.25, 0.3) is 11.4 Å². The van der Waals surface area contributed by atoms with Gasteiger partial charge in [-0.25, -0.2) is 4.98 Å². The zero-order chi connectivity index (χ0) is 13.1. The standard InChI is InChI=1S/C12H10N4OS2/c13-9-2-1-4-14-12(9)19-7-10-15-11(16-17-10)8-3-5-18-6-8/h1-6H,7,13H2. The molecule has 3 heterocycles. The molecule has 0 amide bonds. The molecule has 0 atom stereocenters. The number of pyridine rings is 1. The van der Waals surface area contributed by atoms with Crippen LogP contribution in [0, 0.1) is 0 Å². The highest BCUT2D eigenvalue weighted by Crippen LogP contribution is 2.26. The molecule has 3 rings (SSSR count). The van der Waals surface area contributed by atoms with Gasteiger partial charge in [0.05, 0.1) is 11.4 Å². The molecule has 0 saturated heterocycles. The first kappa shape index (κ1) is 12.2. The van der Waals surface area contributed by atoms with Gasteiger partial charge in [0.15, 0.2) is 0 Å². The Morgan fingerprint density at radius 3 is 3.11 bits per heavy atom. The Hall–Kier alpha value is -1.86. The second kappa shape index (κ2) is 5.41. The Morgan fingerprint density at radius 1 is 1.37 bits per heavy atom. The maximum atomic E-state index is 5.82. The van der Waals surface area contributed by atoms with Crippen LogP contribution < -0.4 is 5.73 Å². The van der Waals surface area contributed by atoms with E-state index in [1.165, 1.54) is 11.8 Å². The molecule has 3 aromatic heterocycles. The van der Waals surface area contributed by atoms with Gasteiger partial charge >= 0.3 is 0 Å². The summed E-state index contributed by atoms with van der Waals surface area (Å²) in [6.45, 7) is 0. The van der Waals surface area contributed by atoms with Gasteiger partial charge in [0.1, 0.15) is 5.03 Å². The first-order valence-electron chi connectivity index (χ1n) is 5.51. The molecule has 0 aromatic carbocycles. The average molecular weight is 290 g/mol. The third-order valence-electron chi connectivity index (χ3n) is 2.38. The van der Waals surface area contributed by atoms with E-state index in [2.05, 4.69) is 15.1 Å². The summed E-state index contributed by atoms with van der Waals surface area (Å²) in [5.41, 5.74) is 7.45. The van der Waals surface area contributed by atoms with Gasteiger partial charge in [-0.15, -0.1) is 0 Å². The van der Waals surface area contributed by atoms with Gasteiger partial charge in [0.25, 0.3) is 0 Å². The molecule has 7 heteroatoms. The first-order valence-corrected chi connectivity index (χ1v) is 7.44. The fraction of sp³-hybridized carbons (Fsp3) is 0.0833. The number of hydrogen-bond donors (Lipinski definition) is 1. The molecular weight excluding hydrogens is 280 g/mol. The minimum absolute atomic E-state index is 0.554. The van der Waals surface area contributed by atoms with Crippen molar-refractivity contribution < 1.29 is 4.52 Å². The van der Waals surface area contributed by atoms with Gasteiger partial charge in [0, 0.05) is 17.1 Å². The monoisotopic (exact) mass is 290 g/mol. The normalized spacial score (nSPS) is 10.7. The Morgan fingerprint density at radius 2 is 2.32 bits per heavy atom. The summed E-state index contributed by atoms with van der Waals surface area (Å²) in [5, 5.41) is 8.69. The van der Waals surface area contributed by atoms with Crippen molar-refractivity contribution in [2.45, 2.75) is 10.8 Å². The Kier molecular flexibility index (Phi) is 3.47. The summed E-state index contributed by atoms with van der Waals surface area (Å²) in [6.07, 6.45) is 1.71. The lowest BCUT2D eigenvalue weighted by Gasteiger charge is -2.00. The van der Waals surface area contributed by atoms with Crippen LogP contribution in [0.15, 0.2) is 44.7 Å². The lowest BCUT2D eigenvalue weighted by atomic mass is 10.3. The summed E-state index contributed by atoms with van der Waals surface area (Å²) in [4.78, 5) is 8.54. The van der Waals surface area contributed by atoms with E-state index in [-0.39, 0.29) is 0 Å². The quantitative estimate of drug-likeness (QED) is 0.744. The molecule has 0 aliphatic carbocycles. The molecule has 0 radical (unpaired) electrons. The summed E-state index contributed by atoms with van der Waals surface area (Å²) >= 11 is 3.08. The lowest BCUT2D eigenvalue weighted by molar-refractivity contribution is 0.391. The number of aromatic nitrogens is 3. The molecule has 0 unspecified atom stereocenters. The highest BCUT2D eigenvalue weighted by atomic mass is 32.2. The molecular formula is C12H10N4OS2. The second-order valence-electron chi connectivity index (χ2n) is 3.71. The van der Waals surface area contributed by atoms with Gasteiger partial charge in [-0.3, -0.25) is 0 Å². The second-order valence-corrected chi connectivity index (χ2v) is 5.45. The smallest absolute Gasteiger partial charge is 0.237 e. The van der Waals surface area contributed by atoms with Crippen LogP contribution in [0.5, 0.6) is 0 Å². The van der Waals surface area contributed by atoms with Crippen LogP contribution >= 0.6 is 23.1 Å². The van der Waals surface area contributed by atoms with E-state index in [9.17, 15) is 0 Å². The number of nitrogens with two attached hydrogens (primary N) is 1. The summed E-state index contributed by atoms with van der Waals surface area (Å²) in [7, 11) is 0. The maximum absolute atomic E-state index is 5.82. The van der Waals surface area contributed by atoms with Crippen molar-refractivity contribution in [2.75, 3.05) is 5.73 Å². The van der Waals surface area contributed by atoms with Crippen LogP contribution in [-0.4, -0.2) is 15.1 Å². The fourth-order valence-corrected chi connectivity index (χ4v) is 2.86. The predicted molar refractivity (Wildman–Crippen MR) is 75.8 cm³/mol. The third kappa shape index (κ3) is 2.77. The molecule has 0 saturated carbocycles. The number of thioether (sulfide) groups is 1. The Labute approximate surface area is 117 Å². The van der Waals surface area contributed by atoms with Crippen LogP contribution in [0.1, 0.15) is 5.89 Å². The number of rotatable bonds is 4. The number of thiophene rings is 1. The molecule has 0 fully saturated rings. The zero-order valence-corrected chi connectivity index (χ0v) is 11.4.